The molecule has 4 rings (SSSR count). The van der Waals surface area contributed by atoms with Gasteiger partial charge in [0.15, 0.2) is 0 Å². The van der Waals surface area contributed by atoms with E-state index in [9.17, 15) is 4.79 Å². The van der Waals surface area contributed by atoms with E-state index < -0.39 is 0 Å². The minimum absolute atomic E-state index is 0.276. The first kappa shape index (κ1) is 21.8. The number of ether oxygens (including phenoxy) is 1. The highest BCUT2D eigenvalue weighted by molar-refractivity contribution is 6.35. The monoisotopic (exact) mass is 468 g/mol. The number of amides is 1. The van der Waals surface area contributed by atoms with Crippen molar-refractivity contribution in [3.63, 3.8) is 0 Å². The molecule has 0 atom stereocenters. The molecule has 0 spiro atoms. The normalized spacial score (nSPS) is 10.7. The van der Waals surface area contributed by atoms with Gasteiger partial charge in [-0.1, -0.05) is 34.4 Å². The van der Waals surface area contributed by atoms with Crippen LogP contribution in [-0.4, -0.2) is 27.6 Å². The van der Waals surface area contributed by atoms with E-state index in [1.807, 2.05) is 12.1 Å². The molecule has 1 N–H and O–H groups in total. The van der Waals surface area contributed by atoms with Gasteiger partial charge in [0.05, 0.1) is 11.6 Å². The maximum Gasteiger partial charge on any atom is 0.274 e. The van der Waals surface area contributed by atoms with Crippen LogP contribution >= 0.6 is 23.2 Å². The fourth-order valence-electron chi connectivity index (χ4n) is 2.87. The smallest absolute Gasteiger partial charge is 0.274 e. The average Bonchev–Trinajstić information content (AvgIpc) is 3.28. The summed E-state index contributed by atoms with van der Waals surface area (Å²) in [5.74, 6) is 1.29. The van der Waals surface area contributed by atoms with Gasteiger partial charge < -0.3 is 14.6 Å². The van der Waals surface area contributed by atoms with Crippen LogP contribution in [0.2, 0.25) is 10.0 Å². The molecule has 0 fully saturated rings. The fraction of sp³-hybridized carbons (Fsp3) is 0.130. The Hall–Kier alpha value is -3.42. The van der Waals surface area contributed by atoms with Crippen molar-refractivity contribution in [2.75, 3.05) is 11.9 Å². The van der Waals surface area contributed by atoms with E-state index in [4.69, 9.17) is 32.5 Å². The molecular weight excluding hydrogens is 451 g/mol. The predicted molar refractivity (Wildman–Crippen MR) is 122 cm³/mol. The molecule has 0 saturated carbocycles. The Labute approximate surface area is 194 Å². The number of pyridine rings is 1. The molecule has 0 unspecified atom stereocenters. The van der Waals surface area contributed by atoms with E-state index in [0.29, 0.717) is 58.3 Å². The van der Waals surface area contributed by atoms with Gasteiger partial charge in [0, 0.05) is 28.9 Å². The van der Waals surface area contributed by atoms with E-state index in [-0.39, 0.29) is 5.91 Å². The Balaban J connectivity index is 1.29. The molecule has 162 valence electrons. The highest BCUT2D eigenvalue weighted by Crippen LogP contribution is 2.27. The Bertz CT molecular complexity index is 1200. The minimum Gasteiger partial charge on any atom is -0.492 e. The summed E-state index contributed by atoms with van der Waals surface area (Å²) < 4.78 is 11.0. The second kappa shape index (κ2) is 10.3. The molecule has 0 bridgehead atoms. The standard InChI is InChI=1S/C23H18Cl2N4O3/c24-16-8-11-20(18(25)14-16)31-13-3-5-21-28-22(29-32-21)15-6-9-17(10-7-15)27-23(30)19-4-1-2-12-26-19/h1-2,4,6-12,14H,3,5,13H2,(H,27,30). The van der Waals surface area contributed by atoms with Crippen LogP contribution < -0.4 is 10.1 Å². The maximum atomic E-state index is 12.2. The molecule has 1 amide bonds. The topological polar surface area (TPSA) is 90.1 Å². The van der Waals surface area contributed by atoms with Crippen molar-refractivity contribution in [3.8, 4) is 17.1 Å². The summed E-state index contributed by atoms with van der Waals surface area (Å²) in [7, 11) is 0. The van der Waals surface area contributed by atoms with Gasteiger partial charge in [0.1, 0.15) is 11.4 Å². The average molecular weight is 469 g/mol. The maximum absolute atomic E-state index is 12.2. The summed E-state index contributed by atoms with van der Waals surface area (Å²) >= 11 is 12.0. The summed E-state index contributed by atoms with van der Waals surface area (Å²) in [5.41, 5.74) is 1.77. The van der Waals surface area contributed by atoms with Crippen LogP contribution in [0.4, 0.5) is 5.69 Å². The molecular formula is C23H18Cl2N4O3. The summed E-state index contributed by atoms with van der Waals surface area (Å²) in [6.45, 7) is 0.448. The molecule has 0 aliphatic carbocycles. The number of carbonyl (C=O) groups excluding carboxylic acids is 1. The van der Waals surface area contributed by atoms with Crippen LogP contribution in [0.15, 0.2) is 71.4 Å². The van der Waals surface area contributed by atoms with Crippen LogP contribution in [0.5, 0.6) is 5.75 Å². The van der Waals surface area contributed by atoms with Gasteiger partial charge in [-0.25, -0.2) is 0 Å². The first-order chi connectivity index (χ1) is 15.6. The molecule has 4 aromatic rings. The van der Waals surface area contributed by atoms with Gasteiger partial charge in [0.25, 0.3) is 5.91 Å². The SMILES string of the molecule is O=C(Nc1ccc(-c2noc(CCCOc3ccc(Cl)cc3Cl)n2)cc1)c1ccccn1. The first-order valence-corrected chi connectivity index (χ1v) is 10.6. The molecule has 0 saturated heterocycles. The summed E-state index contributed by atoms with van der Waals surface area (Å²) in [6, 6.07) is 17.4. The molecule has 0 radical (unpaired) electrons. The van der Waals surface area contributed by atoms with E-state index in [1.165, 1.54) is 0 Å². The zero-order valence-electron chi connectivity index (χ0n) is 16.8. The van der Waals surface area contributed by atoms with Gasteiger partial charge in [-0.2, -0.15) is 4.98 Å². The molecule has 7 nitrogen and oxygen atoms in total. The number of nitrogens with one attached hydrogen (secondary N) is 1. The van der Waals surface area contributed by atoms with E-state index in [0.717, 1.165) is 5.56 Å². The number of halogens is 2. The number of rotatable bonds is 8. The van der Waals surface area contributed by atoms with Gasteiger partial charge in [-0.3, -0.25) is 9.78 Å². The van der Waals surface area contributed by atoms with Crippen molar-refractivity contribution in [1.82, 2.24) is 15.1 Å². The van der Waals surface area contributed by atoms with Crippen molar-refractivity contribution < 1.29 is 14.1 Å². The van der Waals surface area contributed by atoms with Crippen LogP contribution in [0.3, 0.4) is 0 Å². The highest BCUT2D eigenvalue weighted by Gasteiger charge is 2.11. The third-order valence-corrected chi connectivity index (χ3v) is 4.98. The van der Waals surface area contributed by atoms with Gasteiger partial charge in [0.2, 0.25) is 11.7 Å². The van der Waals surface area contributed by atoms with E-state index >= 15 is 0 Å². The first-order valence-electron chi connectivity index (χ1n) is 9.82. The van der Waals surface area contributed by atoms with E-state index in [1.54, 1.807) is 54.7 Å². The Morgan fingerprint density at radius 3 is 2.66 bits per heavy atom. The second-order valence-electron chi connectivity index (χ2n) is 6.78. The number of hydrogen-bond donors (Lipinski definition) is 1. The second-order valence-corrected chi connectivity index (χ2v) is 7.63. The number of anilines is 1. The van der Waals surface area contributed by atoms with Crippen molar-refractivity contribution in [2.45, 2.75) is 12.8 Å². The van der Waals surface area contributed by atoms with Crippen molar-refractivity contribution in [1.29, 1.82) is 0 Å². The predicted octanol–water partition coefficient (Wildman–Crippen LogP) is 5.70. The van der Waals surface area contributed by atoms with E-state index in [2.05, 4.69) is 20.4 Å². The minimum atomic E-state index is -0.276. The zero-order chi connectivity index (χ0) is 22.3. The van der Waals surface area contributed by atoms with Crippen LogP contribution in [-0.2, 0) is 6.42 Å². The third-order valence-electron chi connectivity index (χ3n) is 4.45. The lowest BCUT2D eigenvalue weighted by atomic mass is 10.2. The quantitative estimate of drug-likeness (QED) is 0.333. The number of hydrogen-bond acceptors (Lipinski definition) is 6. The molecule has 0 aliphatic rings. The van der Waals surface area contributed by atoms with Crippen LogP contribution in [0, 0.1) is 0 Å². The summed E-state index contributed by atoms with van der Waals surface area (Å²) in [6.07, 6.45) is 2.82. The Kier molecular flexibility index (Phi) is 6.99. The highest BCUT2D eigenvalue weighted by atomic mass is 35.5. The van der Waals surface area contributed by atoms with Crippen molar-refractivity contribution in [3.05, 3.63) is 88.5 Å². The number of aryl methyl sites for hydroxylation is 1. The van der Waals surface area contributed by atoms with Crippen LogP contribution in [0.1, 0.15) is 22.8 Å². The number of carbonyl (C=O) groups is 1. The number of benzene rings is 2. The largest absolute Gasteiger partial charge is 0.492 e. The fourth-order valence-corrected chi connectivity index (χ4v) is 3.33. The van der Waals surface area contributed by atoms with Gasteiger partial charge >= 0.3 is 0 Å². The van der Waals surface area contributed by atoms with Gasteiger partial charge in [-0.15, -0.1) is 0 Å². The molecule has 2 aromatic heterocycles. The lowest BCUT2D eigenvalue weighted by Crippen LogP contribution is -2.13. The summed E-state index contributed by atoms with van der Waals surface area (Å²) in [5, 5.41) is 7.86. The van der Waals surface area contributed by atoms with Crippen molar-refractivity contribution >= 4 is 34.8 Å². The molecule has 2 heterocycles. The Morgan fingerprint density at radius 2 is 1.91 bits per heavy atom. The number of aromatic nitrogens is 3. The van der Waals surface area contributed by atoms with Crippen LogP contribution in [0.25, 0.3) is 11.4 Å². The summed E-state index contributed by atoms with van der Waals surface area (Å²) in [4.78, 5) is 20.6. The molecule has 0 aliphatic heterocycles. The zero-order valence-corrected chi connectivity index (χ0v) is 18.3. The lowest BCUT2D eigenvalue weighted by Gasteiger charge is -2.07. The van der Waals surface area contributed by atoms with Gasteiger partial charge in [-0.05, 0) is 61.0 Å². The molecule has 2 aromatic carbocycles. The lowest BCUT2D eigenvalue weighted by molar-refractivity contribution is 0.102. The Morgan fingerprint density at radius 1 is 1.06 bits per heavy atom. The molecule has 32 heavy (non-hydrogen) atoms. The van der Waals surface area contributed by atoms with Crippen molar-refractivity contribution in [2.24, 2.45) is 0 Å². The molecule has 9 heteroatoms. The third kappa shape index (κ3) is 5.63. The number of nitrogens with zero attached hydrogens (tertiary/aromatic N) is 3.